The number of hydrogen-bond acceptors (Lipinski definition) is 2. The lowest BCUT2D eigenvalue weighted by Gasteiger charge is -2.11. The van der Waals surface area contributed by atoms with Crippen molar-refractivity contribution in [1.82, 2.24) is 9.78 Å². The van der Waals surface area contributed by atoms with Gasteiger partial charge in [-0.25, -0.2) is 4.68 Å². The Kier molecular flexibility index (Phi) is 6.28. The predicted octanol–water partition coefficient (Wildman–Crippen LogP) is 4.32. The molecule has 160 valence electrons. The number of benzene rings is 3. The van der Waals surface area contributed by atoms with Gasteiger partial charge in [0.15, 0.2) is 0 Å². The van der Waals surface area contributed by atoms with Crippen molar-refractivity contribution in [2.24, 2.45) is 0 Å². The van der Waals surface area contributed by atoms with Gasteiger partial charge in [0.1, 0.15) is 0 Å². The number of aromatic amines is 1. The van der Waals surface area contributed by atoms with E-state index in [0.717, 1.165) is 32.5 Å². The number of anilines is 1. The first-order valence-electron chi connectivity index (χ1n) is 10.2. The molecule has 4 nitrogen and oxygen atoms in total. The van der Waals surface area contributed by atoms with Crippen LogP contribution in [0.2, 0.25) is 0 Å². The average Bonchev–Trinajstić information content (AvgIpc) is 3.10. The maximum absolute atomic E-state index is 13.4. The average molecular weight is 486 g/mol. The van der Waals surface area contributed by atoms with Gasteiger partial charge in [-0.3, -0.25) is 9.89 Å². The van der Waals surface area contributed by atoms with Crippen LogP contribution >= 0.6 is 15.9 Å². The van der Waals surface area contributed by atoms with Gasteiger partial charge in [0, 0.05) is 24.3 Å². The van der Waals surface area contributed by atoms with Gasteiger partial charge in [-0.2, -0.15) is 0 Å². The van der Waals surface area contributed by atoms with Gasteiger partial charge >= 0.3 is 0 Å². The summed E-state index contributed by atoms with van der Waals surface area (Å²) in [4.78, 5) is 15.5. The molecule has 0 radical (unpaired) electrons. The molecule has 0 bridgehead atoms. The van der Waals surface area contributed by atoms with Crippen molar-refractivity contribution in [3.63, 3.8) is 0 Å². The number of allylic oxidation sites excluding steroid dienone is 1. The van der Waals surface area contributed by atoms with E-state index in [9.17, 15) is 4.79 Å². The molecular weight excluding hydrogens is 462 g/mol. The number of H-pyrrole nitrogens is 1. The summed E-state index contributed by atoms with van der Waals surface area (Å²) in [6.45, 7) is 4.13. The fraction of sp³-hybridized carbons (Fsp3) is 0.0741. The van der Waals surface area contributed by atoms with E-state index in [1.807, 2.05) is 80.8 Å². The number of nitrogens with zero attached hydrogens (tertiary/aromatic N) is 2. The van der Waals surface area contributed by atoms with Crippen molar-refractivity contribution in [1.29, 1.82) is 0 Å². The molecule has 0 aliphatic rings. The zero-order valence-electron chi connectivity index (χ0n) is 18.0. The number of nitrogens with one attached hydrogen (secondary N) is 1. The molecule has 4 aromatic rings. The second kappa shape index (κ2) is 9.28. The van der Waals surface area contributed by atoms with Gasteiger partial charge in [-0.1, -0.05) is 77.1 Å². The van der Waals surface area contributed by atoms with Crippen LogP contribution in [0.25, 0.3) is 23.9 Å². The molecule has 0 aliphatic heterocycles. The van der Waals surface area contributed by atoms with Gasteiger partial charge in [0.25, 0.3) is 5.56 Å². The Labute approximate surface area is 195 Å². The highest BCUT2D eigenvalue weighted by Gasteiger charge is 2.10. The summed E-state index contributed by atoms with van der Waals surface area (Å²) in [7, 11) is 4.04. The Bertz CT molecular complexity index is 1410. The highest BCUT2D eigenvalue weighted by molar-refractivity contribution is 9.10. The maximum Gasteiger partial charge on any atom is 0.279 e. The molecule has 0 aliphatic carbocycles. The molecule has 1 N–H and O–H groups in total. The quantitative estimate of drug-likeness (QED) is 0.457. The van der Waals surface area contributed by atoms with Crippen molar-refractivity contribution >= 4 is 39.8 Å². The lowest BCUT2D eigenvalue weighted by molar-refractivity contribution is 0.838. The summed E-state index contributed by atoms with van der Waals surface area (Å²) in [5, 5.41) is 4.26. The third-order valence-electron chi connectivity index (χ3n) is 5.26. The smallest absolute Gasteiger partial charge is 0.279 e. The van der Waals surface area contributed by atoms with Crippen LogP contribution < -0.4 is 21.0 Å². The van der Waals surface area contributed by atoms with Crippen LogP contribution in [0.1, 0.15) is 11.1 Å². The van der Waals surface area contributed by atoms with E-state index in [1.165, 1.54) is 4.68 Å². The normalized spacial score (nSPS) is 12.2. The summed E-state index contributed by atoms with van der Waals surface area (Å²) >= 11 is 3.49. The molecule has 0 amide bonds. The zero-order chi connectivity index (χ0) is 22.7. The topological polar surface area (TPSA) is 41.0 Å². The van der Waals surface area contributed by atoms with Crippen LogP contribution in [0.4, 0.5) is 5.69 Å². The summed E-state index contributed by atoms with van der Waals surface area (Å²) in [6.07, 6.45) is 4.01. The van der Waals surface area contributed by atoms with E-state index in [0.29, 0.717) is 10.6 Å². The third-order valence-corrected chi connectivity index (χ3v) is 5.79. The maximum atomic E-state index is 13.4. The highest BCUT2D eigenvalue weighted by Crippen LogP contribution is 2.19. The van der Waals surface area contributed by atoms with E-state index in [-0.39, 0.29) is 5.56 Å². The van der Waals surface area contributed by atoms with Crippen LogP contribution in [-0.4, -0.2) is 23.9 Å². The minimum Gasteiger partial charge on any atom is -0.378 e. The Morgan fingerprint density at radius 1 is 0.969 bits per heavy atom. The molecule has 5 heteroatoms. The lowest BCUT2D eigenvalue weighted by Crippen LogP contribution is -2.36. The molecule has 32 heavy (non-hydrogen) atoms. The van der Waals surface area contributed by atoms with Crippen molar-refractivity contribution in [3.8, 4) is 5.69 Å². The standard InChI is InChI=1S/C27H24BrN3O/c1-19-26(27(32)31(29-19)24-7-5-4-6-8-24)25(21-12-14-22(28)15-13-21)18-11-20-9-16-23(17-10-20)30(2)3/h4-18,29H,1H2,2-3H3/b18-11+,26-25-. The van der Waals surface area contributed by atoms with E-state index >= 15 is 0 Å². The molecule has 0 saturated carbocycles. The fourth-order valence-corrected chi connectivity index (χ4v) is 3.80. The second-order valence-corrected chi connectivity index (χ2v) is 8.60. The van der Waals surface area contributed by atoms with E-state index in [4.69, 9.17) is 0 Å². The molecule has 0 saturated heterocycles. The largest absolute Gasteiger partial charge is 0.378 e. The van der Waals surface area contributed by atoms with Crippen LogP contribution in [0.3, 0.4) is 0 Å². The first kappa shape index (κ1) is 21.7. The Hall–Kier alpha value is -3.57. The summed E-state index contributed by atoms with van der Waals surface area (Å²) < 4.78 is 2.52. The second-order valence-electron chi connectivity index (χ2n) is 7.68. The van der Waals surface area contributed by atoms with Gasteiger partial charge in [0.2, 0.25) is 0 Å². The van der Waals surface area contributed by atoms with Crippen molar-refractivity contribution in [2.45, 2.75) is 0 Å². The molecule has 0 spiro atoms. The number of para-hydroxylation sites is 1. The third kappa shape index (κ3) is 4.53. The fourth-order valence-electron chi connectivity index (χ4n) is 3.54. The molecule has 1 aromatic heterocycles. The molecular formula is C27H24BrN3O. The number of rotatable bonds is 5. The Balaban J connectivity index is 1.90. The van der Waals surface area contributed by atoms with Gasteiger partial charge < -0.3 is 4.90 Å². The molecule has 4 rings (SSSR count). The minimum atomic E-state index is -0.133. The Morgan fingerprint density at radius 2 is 1.62 bits per heavy atom. The first-order valence-corrected chi connectivity index (χ1v) is 11.0. The van der Waals surface area contributed by atoms with E-state index in [2.05, 4.69) is 56.8 Å². The molecule has 3 aromatic carbocycles. The zero-order valence-corrected chi connectivity index (χ0v) is 19.6. The minimum absolute atomic E-state index is 0.133. The van der Waals surface area contributed by atoms with E-state index < -0.39 is 0 Å². The molecule has 0 unspecified atom stereocenters. The van der Waals surface area contributed by atoms with Crippen LogP contribution in [0, 0.1) is 0 Å². The summed E-state index contributed by atoms with van der Waals surface area (Å²) in [5.74, 6) is 0. The lowest BCUT2D eigenvalue weighted by atomic mass is 10.0. The van der Waals surface area contributed by atoms with Gasteiger partial charge in [-0.15, -0.1) is 0 Å². The summed E-state index contributed by atoms with van der Waals surface area (Å²) in [6, 6.07) is 25.7. The first-order chi connectivity index (χ1) is 15.4. The van der Waals surface area contributed by atoms with Crippen LogP contribution in [0.5, 0.6) is 0 Å². The van der Waals surface area contributed by atoms with Crippen molar-refractivity contribution < 1.29 is 0 Å². The number of halogens is 1. The van der Waals surface area contributed by atoms with Crippen LogP contribution in [-0.2, 0) is 0 Å². The Morgan fingerprint density at radius 3 is 2.25 bits per heavy atom. The van der Waals surface area contributed by atoms with E-state index in [1.54, 1.807) is 0 Å². The van der Waals surface area contributed by atoms with Crippen LogP contribution in [0.15, 0.2) is 94.2 Å². The summed E-state index contributed by atoms with van der Waals surface area (Å²) in [5.41, 5.74) is 4.58. The molecule has 0 fully saturated rings. The monoisotopic (exact) mass is 485 g/mol. The van der Waals surface area contributed by atoms with Gasteiger partial charge in [-0.05, 0) is 53.1 Å². The van der Waals surface area contributed by atoms with Gasteiger partial charge in [0.05, 0.1) is 16.3 Å². The van der Waals surface area contributed by atoms with Crippen molar-refractivity contribution in [3.05, 3.63) is 121 Å². The van der Waals surface area contributed by atoms with Crippen molar-refractivity contribution in [2.75, 3.05) is 19.0 Å². The highest BCUT2D eigenvalue weighted by atomic mass is 79.9. The predicted molar refractivity (Wildman–Crippen MR) is 138 cm³/mol. The SMILES string of the molecule is C=c1[nH]n(-c2ccccc2)c(=O)/c1=C(/C=C/c1ccc(N(C)C)cc1)c1ccc(Br)cc1. The number of hydrogen-bond donors (Lipinski definition) is 1. The molecule has 0 atom stereocenters. The molecule has 1 heterocycles. The number of aromatic nitrogens is 2.